The summed E-state index contributed by atoms with van der Waals surface area (Å²) in [5, 5.41) is 6.69. The van der Waals surface area contributed by atoms with E-state index in [0.29, 0.717) is 46.6 Å². The Labute approximate surface area is 239 Å². The normalized spacial score (nSPS) is 12.0. The number of hydrogen-bond acceptors (Lipinski definition) is 7. The topological polar surface area (TPSA) is 112 Å². The van der Waals surface area contributed by atoms with Gasteiger partial charge in [-0.1, -0.05) is 43.3 Å². The van der Waals surface area contributed by atoms with Crippen LogP contribution in [0, 0.1) is 6.92 Å². The van der Waals surface area contributed by atoms with E-state index in [1.807, 2.05) is 68.4 Å². The predicted octanol–water partition coefficient (Wildman–Crippen LogP) is 6.07. The van der Waals surface area contributed by atoms with Crippen molar-refractivity contribution >= 4 is 28.7 Å². The third-order valence-electron chi connectivity index (χ3n) is 6.53. The van der Waals surface area contributed by atoms with Gasteiger partial charge in [-0.3, -0.25) is 9.36 Å². The standard InChI is InChI=1S/C32H36N4O5/c1-7-24(35-31(39)41-32(3,4)5)28-34-26-15-11-14-25(27(26)29(37)36(28)22-12-9-8-10-13-22)33-19-21-16-17-23(20(2)18-21)30(38)40-6/h8-18,24,33H,7,19H2,1-6H3,(H,35,39)/t24-/m0/s1. The lowest BCUT2D eigenvalue weighted by Crippen LogP contribution is -2.37. The molecule has 0 aliphatic carbocycles. The molecule has 1 aromatic heterocycles. The molecule has 9 nitrogen and oxygen atoms in total. The Balaban J connectivity index is 1.77. The number of carbonyl (C=O) groups is 2. The SMILES string of the molecule is CC[C@H](NC(=O)OC(C)(C)C)c1nc2cccc(NCc3ccc(C(=O)OC)c(C)c3)c2c(=O)n1-c1ccccc1. The molecular weight excluding hydrogens is 520 g/mol. The van der Waals surface area contributed by atoms with Gasteiger partial charge in [0, 0.05) is 12.2 Å². The zero-order valence-corrected chi connectivity index (χ0v) is 24.3. The van der Waals surface area contributed by atoms with Crippen molar-refractivity contribution in [1.29, 1.82) is 0 Å². The van der Waals surface area contributed by atoms with E-state index in [1.54, 1.807) is 37.5 Å². The van der Waals surface area contributed by atoms with Gasteiger partial charge in [-0.25, -0.2) is 14.6 Å². The summed E-state index contributed by atoms with van der Waals surface area (Å²) in [5.74, 6) is 0.0270. The van der Waals surface area contributed by atoms with Gasteiger partial charge in [0.05, 0.1) is 35.3 Å². The molecule has 0 radical (unpaired) electrons. The molecule has 1 heterocycles. The van der Waals surface area contributed by atoms with Gasteiger partial charge in [-0.05, 0) is 75.6 Å². The highest BCUT2D eigenvalue weighted by Crippen LogP contribution is 2.25. The molecular formula is C32H36N4O5. The number of esters is 1. The lowest BCUT2D eigenvalue weighted by atomic mass is 10.0. The minimum Gasteiger partial charge on any atom is -0.465 e. The summed E-state index contributed by atoms with van der Waals surface area (Å²) in [5.41, 5.74) is 3.08. The molecule has 1 atom stereocenters. The molecule has 0 bridgehead atoms. The molecule has 1 amide bonds. The van der Waals surface area contributed by atoms with E-state index in [9.17, 15) is 14.4 Å². The van der Waals surface area contributed by atoms with Crippen LogP contribution in [0.15, 0.2) is 71.5 Å². The maximum Gasteiger partial charge on any atom is 0.408 e. The molecule has 0 unspecified atom stereocenters. The maximum absolute atomic E-state index is 14.2. The fraction of sp³-hybridized carbons (Fsp3) is 0.312. The Morgan fingerprint density at radius 2 is 1.76 bits per heavy atom. The number of para-hydroxylation sites is 1. The Morgan fingerprint density at radius 3 is 2.39 bits per heavy atom. The third-order valence-corrected chi connectivity index (χ3v) is 6.53. The Morgan fingerprint density at radius 1 is 1.02 bits per heavy atom. The summed E-state index contributed by atoms with van der Waals surface area (Å²) in [6.45, 7) is 9.58. The van der Waals surface area contributed by atoms with Crippen molar-refractivity contribution in [2.75, 3.05) is 12.4 Å². The number of rotatable bonds is 8. The zero-order valence-electron chi connectivity index (χ0n) is 24.3. The zero-order chi connectivity index (χ0) is 29.7. The Hall–Kier alpha value is -4.66. The molecule has 3 aromatic carbocycles. The molecule has 41 heavy (non-hydrogen) atoms. The van der Waals surface area contributed by atoms with Crippen LogP contribution in [0.4, 0.5) is 10.5 Å². The molecule has 2 N–H and O–H groups in total. The number of benzene rings is 3. The first-order valence-corrected chi connectivity index (χ1v) is 13.5. The number of hydrogen-bond donors (Lipinski definition) is 2. The lowest BCUT2D eigenvalue weighted by molar-refractivity contribution is 0.0498. The van der Waals surface area contributed by atoms with Gasteiger partial charge in [0.2, 0.25) is 0 Å². The fourth-order valence-electron chi connectivity index (χ4n) is 4.63. The molecule has 0 aliphatic rings. The van der Waals surface area contributed by atoms with Gasteiger partial charge in [-0.15, -0.1) is 0 Å². The average molecular weight is 557 g/mol. The second-order valence-electron chi connectivity index (χ2n) is 10.7. The van der Waals surface area contributed by atoms with Gasteiger partial charge in [-0.2, -0.15) is 0 Å². The number of methoxy groups -OCH3 is 1. The van der Waals surface area contributed by atoms with Crippen LogP contribution in [-0.4, -0.2) is 34.3 Å². The quantitative estimate of drug-likeness (QED) is 0.253. The van der Waals surface area contributed by atoms with Crippen molar-refractivity contribution in [2.45, 2.75) is 59.2 Å². The molecule has 0 saturated carbocycles. The van der Waals surface area contributed by atoms with Gasteiger partial charge >= 0.3 is 12.1 Å². The summed E-state index contributed by atoms with van der Waals surface area (Å²) in [7, 11) is 1.36. The molecule has 4 rings (SSSR count). The van der Waals surface area contributed by atoms with Crippen LogP contribution < -0.4 is 16.2 Å². The Bertz CT molecular complexity index is 1620. The second kappa shape index (κ2) is 12.2. The van der Waals surface area contributed by atoms with Gasteiger partial charge in [0.25, 0.3) is 5.56 Å². The number of nitrogens with one attached hydrogen (secondary N) is 2. The van der Waals surface area contributed by atoms with Crippen LogP contribution >= 0.6 is 0 Å². The van der Waals surface area contributed by atoms with Crippen molar-refractivity contribution < 1.29 is 19.1 Å². The molecule has 4 aromatic rings. The van der Waals surface area contributed by atoms with Crippen molar-refractivity contribution in [3.05, 3.63) is 99.6 Å². The van der Waals surface area contributed by atoms with Gasteiger partial charge in [0.15, 0.2) is 0 Å². The summed E-state index contributed by atoms with van der Waals surface area (Å²) >= 11 is 0. The minimum absolute atomic E-state index is 0.263. The first-order chi connectivity index (χ1) is 19.5. The van der Waals surface area contributed by atoms with Crippen molar-refractivity contribution in [3.63, 3.8) is 0 Å². The van der Waals surface area contributed by atoms with Gasteiger partial charge < -0.3 is 20.1 Å². The van der Waals surface area contributed by atoms with Crippen LogP contribution in [0.1, 0.15) is 67.5 Å². The molecule has 214 valence electrons. The highest BCUT2D eigenvalue weighted by molar-refractivity contribution is 5.92. The van der Waals surface area contributed by atoms with Crippen molar-refractivity contribution in [1.82, 2.24) is 14.9 Å². The van der Waals surface area contributed by atoms with E-state index in [2.05, 4.69) is 10.6 Å². The highest BCUT2D eigenvalue weighted by Gasteiger charge is 2.25. The summed E-state index contributed by atoms with van der Waals surface area (Å²) < 4.78 is 11.9. The number of fused-ring (bicyclic) bond motifs is 1. The number of aromatic nitrogens is 2. The molecule has 0 aliphatic heterocycles. The van der Waals surface area contributed by atoms with E-state index in [4.69, 9.17) is 14.5 Å². The number of aryl methyl sites for hydroxylation is 1. The first kappa shape index (κ1) is 29.3. The predicted molar refractivity (Wildman–Crippen MR) is 160 cm³/mol. The number of ether oxygens (including phenoxy) is 2. The number of nitrogens with zero attached hydrogens (tertiary/aromatic N) is 2. The molecule has 0 saturated heterocycles. The summed E-state index contributed by atoms with van der Waals surface area (Å²) in [6, 6.07) is 19.6. The number of amides is 1. The van der Waals surface area contributed by atoms with Gasteiger partial charge in [0.1, 0.15) is 11.4 Å². The number of alkyl carbamates (subject to hydrolysis) is 1. The third kappa shape index (κ3) is 6.74. The van der Waals surface area contributed by atoms with Crippen molar-refractivity contribution in [2.24, 2.45) is 0 Å². The van der Waals surface area contributed by atoms with Crippen LogP contribution in [0.2, 0.25) is 0 Å². The van der Waals surface area contributed by atoms with E-state index in [0.717, 1.165) is 11.1 Å². The van der Waals surface area contributed by atoms with Crippen molar-refractivity contribution in [3.8, 4) is 5.69 Å². The molecule has 0 spiro atoms. The first-order valence-electron chi connectivity index (χ1n) is 13.5. The summed E-state index contributed by atoms with van der Waals surface area (Å²) in [6.07, 6.45) is -0.0923. The van der Waals surface area contributed by atoms with Crippen LogP contribution in [0.5, 0.6) is 0 Å². The Kier molecular flexibility index (Phi) is 8.76. The summed E-state index contributed by atoms with van der Waals surface area (Å²) in [4.78, 5) is 43.8. The van der Waals surface area contributed by atoms with E-state index in [-0.39, 0.29) is 11.5 Å². The smallest absolute Gasteiger partial charge is 0.408 e. The molecule has 0 fully saturated rings. The van der Waals surface area contributed by atoms with Crippen LogP contribution in [0.25, 0.3) is 16.6 Å². The lowest BCUT2D eigenvalue weighted by Gasteiger charge is -2.25. The molecule has 9 heteroatoms. The largest absolute Gasteiger partial charge is 0.465 e. The fourth-order valence-corrected chi connectivity index (χ4v) is 4.63. The maximum atomic E-state index is 14.2. The number of anilines is 1. The average Bonchev–Trinajstić information content (AvgIpc) is 2.93. The van der Waals surface area contributed by atoms with Crippen LogP contribution in [0.3, 0.4) is 0 Å². The highest BCUT2D eigenvalue weighted by atomic mass is 16.6. The minimum atomic E-state index is -0.670. The monoisotopic (exact) mass is 556 g/mol. The second-order valence-corrected chi connectivity index (χ2v) is 10.7. The van der Waals surface area contributed by atoms with E-state index in [1.165, 1.54) is 7.11 Å². The number of carbonyl (C=O) groups excluding carboxylic acids is 2. The van der Waals surface area contributed by atoms with E-state index < -0.39 is 17.7 Å². The van der Waals surface area contributed by atoms with Crippen LogP contribution in [-0.2, 0) is 16.0 Å². The van der Waals surface area contributed by atoms with E-state index >= 15 is 0 Å².